The Bertz CT molecular complexity index is 1020. The second-order valence-corrected chi connectivity index (χ2v) is 9.41. The van der Waals surface area contributed by atoms with Crippen LogP contribution in [0.25, 0.3) is 0 Å². The number of aryl methyl sites for hydroxylation is 1. The quantitative estimate of drug-likeness (QED) is 0.576. The highest BCUT2D eigenvalue weighted by atomic mass is 32.1. The monoisotopic (exact) mass is 428 g/mol. The number of imide groups is 1. The summed E-state index contributed by atoms with van der Waals surface area (Å²) in [4.78, 5) is 40.7. The van der Waals surface area contributed by atoms with Crippen molar-refractivity contribution in [3.8, 4) is 6.07 Å². The van der Waals surface area contributed by atoms with Crippen LogP contribution in [-0.2, 0) is 28.0 Å². The molecule has 4 rings (SSSR count). The first-order valence-corrected chi connectivity index (χ1v) is 11.2. The number of urea groups is 1. The maximum atomic E-state index is 12.9. The largest absolute Gasteiger partial charge is 0.325 e. The fourth-order valence-electron chi connectivity index (χ4n) is 3.83. The summed E-state index contributed by atoms with van der Waals surface area (Å²) in [5.74, 6) is -0.945. The van der Waals surface area contributed by atoms with Crippen LogP contribution in [0.4, 0.5) is 9.80 Å². The zero-order valence-corrected chi connectivity index (χ0v) is 17.5. The Hall–Kier alpha value is -2.70. The predicted molar refractivity (Wildman–Crippen MR) is 111 cm³/mol. The van der Waals surface area contributed by atoms with Crippen LogP contribution < -0.4 is 10.6 Å². The molecule has 1 saturated heterocycles. The third kappa shape index (κ3) is 3.43. The van der Waals surface area contributed by atoms with Gasteiger partial charge in [0.15, 0.2) is 5.54 Å². The summed E-state index contributed by atoms with van der Waals surface area (Å²) in [7, 11) is 0. The Morgan fingerprint density at radius 3 is 2.86 bits per heavy atom. The summed E-state index contributed by atoms with van der Waals surface area (Å²) in [5.41, 5.74) is 0.385. The molecule has 0 radical (unpaired) electrons. The SMILES string of the molecule is CC1(c2cccs2)NC(=O)N(CC(=O)Nc2sc3c(c2C#N)CCCCC3)C1=O. The van der Waals surface area contributed by atoms with Crippen molar-refractivity contribution in [2.75, 3.05) is 11.9 Å². The van der Waals surface area contributed by atoms with Gasteiger partial charge < -0.3 is 10.6 Å². The second kappa shape index (κ2) is 7.61. The van der Waals surface area contributed by atoms with Gasteiger partial charge in [-0.15, -0.1) is 22.7 Å². The van der Waals surface area contributed by atoms with Gasteiger partial charge in [0.2, 0.25) is 5.91 Å². The van der Waals surface area contributed by atoms with E-state index in [1.54, 1.807) is 13.0 Å². The number of anilines is 1. The number of hydrogen-bond acceptors (Lipinski definition) is 6. The highest BCUT2D eigenvalue weighted by molar-refractivity contribution is 7.16. The normalized spacial score (nSPS) is 21.3. The number of amides is 4. The maximum absolute atomic E-state index is 12.9. The minimum atomic E-state index is -1.16. The van der Waals surface area contributed by atoms with Crippen LogP contribution in [0.2, 0.25) is 0 Å². The Kier molecular flexibility index (Phi) is 5.15. The first-order chi connectivity index (χ1) is 13.9. The van der Waals surface area contributed by atoms with Gasteiger partial charge in [-0.1, -0.05) is 12.5 Å². The molecule has 1 fully saturated rings. The lowest BCUT2D eigenvalue weighted by atomic mass is 10.0. The Morgan fingerprint density at radius 2 is 2.14 bits per heavy atom. The molecule has 1 aliphatic carbocycles. The number of carbonyl (C=O) groups is 3. The van der Waals surface area contributed by atoms with Crippen molar-refractivity contribution in [1.82, 2.24) is 10.2 Å². The Balaban J connectivity index is 1.50. The molecule has 4 amide bonds. The number of nitriles is 1. The summed E-state index contributed by atoms with van der Waals surface area (Å²) in [5, 5.41) is 17.4. The zero-order valence-electron chi connectivity index (χ0n) is 15.9. The van der Waals surface area contributed by atoms with Gasteiger partial charge in [0, 0.05) is 9.75 Å². The van der Waals surface area contributed by atoms with Crippen LogP contribution in [0.1, 0.15) is 47.1 Å². The van der Waals surface area contributed by atoms with Crippen LogP contribution in [0.5, 0.6) is 0 Å². The molecule has 9 heteroatoms. The fourth-order valence-corrected chi connectivity index (χ4v) is 5.92. The van der Waals surface area contributed by atoms with E-state index >= 15 is 0 Å². The molecule has 2 aliphatic rings. The standard InChI is InChI=1S/C20H20N4O3S2/c1-20(15-8-5-9-28-15)18(26)24(19(27)23-20)11-16(25)22-17-13(10-21)12-6-3-2-4-7-14(12)29-17/h5,8-9H,2-4,6-7,11H2,1H3,(H,22,25)(H,23,27). The smallest absolute Gasteiger partial charge is 0.319 e. The van der Waals surface area contributed by atoms with E-state index in [0.29, 0.717) is 15.4 Å². The summed E-state index contributed by atoms with van der Waals surface area (Å²) in [6.45, 7) is 1.25. The van der Waals surface area contributed by atoms with E-state index in [-0.39, 0.29) is 6.54 Å². The molecule has 2 aromatic rings. The molecule has 1 atom stereocenters. The van der Waals surface area contributed by atoms with Crippen molar-refractivity contribution in [2.24, 2.45) is 0 Å². The van der Waals surface area contributed by atoms with Crippen LogP contribution in [-0.4, -0.2) is 29.3 Å². The van der Waals surface area contributed by atoms with E-state index in [9.17, 15) is 19.6 Å². The van der Waals surface area contributed by atoms with Crippen molar-refractivity contribution in [1.29, 1.82) is 5.26 Å². The van der Waals surface area contributed by atoms with Gasteiger partial charge >= 0.3 is 6.03 Å². The predicted octanol–water partition coefficient (Wildman–Crippen LogP) is 3.36. The van der Waals surface area contributed by atoms with Gasteiger partial charge in [-0.2, -0.15) is 5.26 Å². The number of thiophene rings is 2. The lowest BCUT2D eigenvalue weighted by molar-refractivity contribution is -0.133. The van der Waals surface area contributed by atoms with Crippen molar-refractivity contribution in [3.63, 3.8) is 0 Å². The number of nitrogens with one attached hydrogen (secondary N) is 2. The third-order valence-corrected chi connectivity index (χ3v) is 7.68. The summed E-state index contributed by atoms with van der Waals surface area (Å²) >= 11 is 2.80. The minimum absolute atomic E-state index is 0.390. The number of hydrogen-bond donors (Lipinski definition) is 2. The molecule has 150 valence electrons. The van der Waals surface area contributed by atoms with Crippen molar-refractivity contribution < 1.29 is 14.4 Å². The van der Waals surface area contributed by atoms with Crippen molar-refractivity contribution in [2.45, 2.75) is 44.6 Å². The molecule has 0 spiro atoms. The zero-order chi connectivity index (χ0) is 20.6. The second-order valence-electron chi connectivity index (χ2n) is 7.35. The van der Waals surface area contributed by atoms with Crippen molar-refractivity contribution >= 4 is 45.5 Å². The molecule has 0 aromatic carbocycles. The van der Waals surface area contributed by atoms with E-state index in [2.05, 4.69) is 16.7 Å². The van der Waals surface area contributed by atoms with Gasteiger partial charge in [-0.05, 0) is 49.6 Å². The van der Waals surface area contributed by atoms with Crippen LogP contribution >= 0.6 is 22.7 Å². The van der Waals surface area contributed by atoms with Gasteiger partial charge in [0.05, 0.1) is 5.56 Å². The minimum Gasteiger partial charge on any atom is -0.319 e. The lowest BCUT2D eigenvalue weighted by Gasteiger charge is -2.19. The molecular formula is C20H20N4O3S2. The van der Waals surface area contributed by atoms with Gasteiger partial charge in [0.1, 0.15) is 17.6 Å². The highest BCUT2D eigenvalue weighted by Gasteiger charge is 2.50. The highest BCUT2D eigenvalue weighted by Crippen LogP contribution is 2.37. The number of fused-ring (bicyclic) bond motifs is 1. The van der Waals surface area contributed by atoms with Crippen LogP contribution in [0, 0.1) is 11.3 Å². The molecule has 29 heavy (non-hydrogen) atoms. The molecule has 3 heterocycles. The molecule has 2 N–H and O–H groups in total. The fraction of sp³-hybridized carbons (Fsp3) is 0.400. The van der Waals surface area contributed by atoms with Crippen molar-refractivity contribution in [3.05, 3.63) is 38.4 Å². The number of carbonyl (C=O) groups excluding carboxylic acids is 3. The third-order valence-electron chi connectivity index (χ3n) is 5.38. The lowest BCUT2D eigenvalue weighted by Crippen LogP contribution is -2.41. The first kappa shape index (κ1) is 19.6. The molecule has 7 nitrogen and oxygen atoms in total. The molecule has 0 saturated carbocycles. The van der Waals surface area contributed by atoms with Crippen LogP contribution in [0.15, 0.2) is 17.5 Å². The van der Waals surface area contributed by atoms with E-state index in [1.807, 2.05) is 11.4 Å². The summed E-state index contributed by atoms with van der Waals surface area (Å²) < 4.78 is 0. The summed E-state index contributed by atoms with van der Waals surface area (Å²) in [6, 6.07) is 5.21. The molecule has 1 aliphatic heterocycles. The van der Waals surface area contributed by atoms with Gasteiger partial charge in [-0.25, -0.2) is 4.79 Å². The molecule has 1 unspecified atom stereocenters. The van der Waals surface area contributed by atoms with E-state index < -0.39 is 23.4 Å². The van der Waals surface area contributed by atoms with E-state index in [1.165, 1.54) is 22.7 Å². The average molecular weight is 429 g/mol. The van der Waals surface area contributed by atoms with Gasteiger partial charge in [0.25, 0.3) is 5.91 Å². The Morgan fingerprint density at radius 1 is 1.34 bits per heavy atom. The van der Waals surface area contributed by atoms with E-state index in [4.69, 9.17) is 0 Å². The summed E-state index contributed by atoms with van der Waals surface area (Å²) in [6.07, 6.45) is 5.02. The maximum Gasteiger partial charge on any atom is 0.325 e. The molecular weight excluding hydrogens is 408 g/mol. The van der Waals surface area contributed by atoms with Crippen LogP contribution in [0.3, 0.4) is 0 Å². The van der Waals surface area contributed by atoms with E-state index in [0.717, 1.165) is 47.4 Å². The molecule has 2 aromatic heterocycles. The molecule has 0 bridgehead atoms. The number of rotatable bonds is 4. The average Bonchev–Trinajstić information content (AvgIpc) is 3.34. The van der Waals surface area contributed by atoms with Gasteiger partial charge in [-0.3, -0.25) is 14.5 Å². The number of nitrogens with zero attached hydrogens (tertiary/aromatic N) is 2. The Labute approximate surface area is 176 Å². The topological polar surface area (TPSA) is 102 Å². The first-order valence-electron chi connectivity index (χ1n) is 9.46.